The molecule has 0 fully saturated rings. The lowest BCUT2D eigenvalue weighted by Crippen LogP contribution is -2.18. The van der Waals surface area contributed by atoms with Crippen LogP contribution in [0.15, 0.2) is 77.6 Å². The molecule has 0 atom stereocenters. The van der Waals surface area contributed by atoms with Crippen molar-refractivity contribution in [2.24, 2.45) is 0 Å². The molecule has 2 N–H and O–H groups in total. The second kappa shape index (κ2) is 9.92. The van der Waals surface area contributed by atoms with Crippen LogP contribution < -0.4 is 10.6 Å². The second-order valence-electron chi connectivity index (χ2n) is 6.88. The lowest BCUT2D eigenvalue weighted by atomic mass is 10.1. The zero-order valence-electron chi connectivity index (χ0n) is 17.6. The molecule has 0 aliphatic rings. The van der Waals surface area contributed by atoms with Crippen molar-refractivity contribution < 1.29 is 19.1 Å². The molecule has 0 aliphatic carbocycles. The number of nitrogens with zero attached hydrogens (tertiary/aromatic N) is 2. The summed E-state index contributed by atoms with van der Waals surface area (Å²) in [6.07, 6.45) is 1.64. The van der Waals surface area contributed by atoms with Crippen molar-refractivity contribution in [2.75, 3.05) is 17.2 Å². The highest BCUT2D eigenvalue weighted by Gasteiger charge is 2.15. The summed E-state index contributed by atoms with van der Waals surface area (Å²) >= 11 is 1.42. The van der Waals surface area contributed by atoms with E-state index >= 15 is 0 Å². The number of hydrogen-bond donors (Lipinski definition) is 2. The molecule has 33 heavy (non-hydrogen) atoms. The minimum atomic E-state index is -0.498. The van der Waals surface area contributed by atoms with E-state index in [-0.39, 0.29) is 24.1 Å². The quantitative estimate of drug-likeness (QED) is 0.392. The molecular formula is C24H20N4O4S. The number of nitrogens with one attached hydrogen (secondary N) is 2. The van der Waals surface area contributed by atoms with Crippen LogP contribution in [0.4, 0.5) is 11.4 Å². The fraction of sp³-hybridized carbons (Fsp3) is 0.0833. The van der Waals surface area contributed by atoms with Crippen LogP contribution in [0.1, 0.15) is 38.1 Å². The zero-order valence-corrected chi connectivity index (χ0v) is 18.5. The molecule has 0 aliphatic heterocycles. The van der Waals surface area contributed by atoms with Gasteiger partial charge in [0.1, 0.15) is 0 Å². The molecule has 0 bridgehead atoms. The largest absolute Gasteiger partial charge is 0.461 e. The molecule has 166 valence electrons. The van der Waals surface area contributed by atoms with Gasteiger partial charge in [0.15, 0.2) is 5.69 Å². The van der Waals surface area contributed by atoms with Gasteiger partial charge < -0.3 is 15.4 Å². The molecule has 0 saturated carbocycles. The first-order chi connectivity index (χ1) is 16.0. The number of carbonyl (C=O) groups is 3. The number of carbonyl (C=O) groups excluding carboxylic acids is 3. The van der Waals surface area contributed by atoms with E-state index in [9.17, 15) is 14.4 Å². The first kappa shape index (κ1) is 22.0. The first-order valence-corrected chi connectivity index (χ1v) is 11.1. The van der Waals surface area contributed by atoms with Crippen molar-refractivity contribution in [1.82, 2.24) is 9.78 Å². The molecule has 0 radical (unpaired) electrons. The van der Waals surface area contributed by atoms with Crippen molar-refractivity contribution >= 4 is 40.5 Å². The van der Waals surface area contributed by atoms with Gasteiger partial charge in [-0.25, -0.2) is 9.48 Å². The molecule has 2 amide bonds. The maximum absolute atomic E-state index is 13.0. The molecular weight excluding hydrogens is 440 g/mol. The third-order valence-electron chi connectivity index (χ3n) is 4.65. The monoisotopic (exact) mass is 460 g/mol. The van der Waals surface area contributed by atoms with Gasteiger partial charge in [-0.3, -0.25) is 9.59 Å². The van der Waals surface area contributed by atoms with Crippen LogP contribution >= 0.6 is 11.3 Å². The van der Waals surface area contributed by atoms with E-state index in [2.05, 4.69) is 15.7 Å². The predicted molar refractivity (Wildman–Crippen MR) is 126 cm³/mol. The summed E-state index contributed by atoms with van der Waals surface area (Å²) in [5.74, 6) is -1.16. The Hall–Kier alpha value is -4.24. The maximum Gasteiger partial charge on any atom is 0.358 e. The van der Waals surface area contributed by atoms with Crippen LogP contribution in [0.25, 0.3) is 5.69 Å². The van der Waals surface area contributed by atoms with E-state index in [1.165, 1.54) is 16.0 Å². The Kier molecular flexibility index (Phi) is 6.61. The molecule has 0 unspecified atom stereocenters. The topological polar surface area (TPSA) is 102 Å². The van der Waals surface area contributed by atoms with Crippen molar-refractivity contribution in [3.05, 3.63) is 94.4 Å². The van der Waals surface area contributed by atoms with E-state index in [1.54, 1.807) is 79.2 Å². The highest BCUT2D eigenvalue weighted by Crippen LogP contribution is 2.20. The van der Waals surface area contributed by atoms with Crippen molar-refractivity contribution in [3.8, 4) is 5.69 Å². The molecule has 9 heteroatoms. The third-order valence-corrected chi connectivity index (χ3v) is 5.33. The van der Waals surface area contributed by atoms with Gasteiger partial charge in [0.2, 0.25) is 0 Å². The van der Waals surface area contributed by atoms with Gasteiger partial charge in [0.25, 0.3) is 11.8 Å². The molecule has 4 rings (SSSR count). The summed E-state index contributed by atoms with van der Waals surface area (Å²) in [6.45, 7) is 2.00. The highest BCUT2D eigenvalue weighted by atomic mass is 32.1. The number of ether oxygens (including phenoxy) is 1. The van der Waals surface area contributed by atoms with Crippen molar-refractivity contribution in [2.45, 2.75) is 6.92 Å². The van der Waals surface area contributed by atoms with E-state index < -0.39 is 5.97 Å². The van der Waals surface area contributed by atoms with Crippen LogP contribution in [0, 0.1) is 0 Å². The lowest BCUT2D eigenvalue weighted by Gasteiger charge is -2.12. The van der Waals surface area contributed by atoms with Crippen LogP contribution in [0.3, 0.4) is 0 Å². The summed E-state index contributed by atoms with van der Waals surface area (Å²) in [4.78, 5) is 37.3. The number of anilines is 2. The molecule has 8 nitrogen and oxygen atoms in total. The summed E-state index contributed by atoms with van der Waals surface area (Å²) in [5.41, 5.74) is 2.65. The first-order valence-electron chi connectivity index (χ1n) is 10.1. The average Bonchev–Trinajstić information content (AvgIpc) is 3.52. The Bertz CT molecular complexity index is 1300. The molecule has 0 spiro atoms. The van der Waals surface area contributed by atoms with Gasteiger partial charge in [-0.2, -0.15) is 16.4 Å². The molecule has 2 aromatic heterocycles. The average molecular weight is 461 g/mol. The summed E-state index contributed by atoms with van der Waals surface area (Å²) in [6, 6.07) is 17.1. The van der Waals surface area contributed by atoms with Gasteiger partial charge in [0.05, 0.1) is 29.1 Å². The smallest absolute Gasteiger partial charge is 0.358 e. The van der Waals surface area contributed by atoms with Crippen molar-refractivity contribution in [3.63, 3.8) is 0 Å². The number of amides is 2. The minimum Gasteiger partial charge on any atom is -0.461 e. The molecule has 2 aromatic carbocycles. The molecule has 4 aromatic rings. The number of thiophene rings is 1. The predicted octanol–water partition coefficient (Wildman–Crippen LogP) is 4.62. The number of benzene rings is 2. The van der Waals surface area contributed by atoms with Crippen molar-refractivity contribution in [1.29, 1.82) is 0 Å². The normalized spacial score (nSPS) is 10.5. The zero-order chi connectivity index (χ0) is 23.2. The van der Waals surface area contributed by atoms with Gasteiger partial charge in [-0.1, -0.05) is 18.2 Å². The van der Waals surface area contributed by atoms with Crippen LogP contribution in [0.5, 0.6) is 0 Å². The highest BCUT2D eigenvalue weighted by molar-refractivity contribution is 7.08. The SMILES string of the molecule is CCOC(=O)c1ccn(-c2cccc(NC(=O)c3ccccc3NC(=O)c3ccsc3)c2)n1. The Morgan fingerprint density at radius 2 is 1.85 bits per heavy atom. The Balaban J connectivity index is 1.51. The Morgan fingerprint density at radius 3 is 2.64 bits per heavy atom. The standard InChI is InChI=1S/C24H20N4O4S/c1-2-32-24(31)21-10-12-28(27-21)18-7-5-6-17(14-18)25-23(30)19-8-3-4-9-20(19)26-22(29)16-11-13-33-15-16/h3-15H,2H2,1H3,(H,25,30)(H,26,29). The van der Waals surface area contributed by atoms with Gasteiger partial charge >= 0.3 is 5.97 Å². The Labute approximate surface area is 193 Å². The van der Waals surface area contributed by atoms with Crippen LogP contribution in [-0.4, -0.2) is 34.2 Å². The van der Waals surface area contributed by atoms with E-state index in [1.807, 2.05) is 5.38 Å². The fourth-order valence-corrected chi connectivity index (χ4v) is 3.72. The summed E-state index contributed by atoms with van der Waals surface area (Å²) in [5, 5.41) is 13.4. The van der Waals surface area contributed by atoms with Crippen LogP contribution in [-0.2, 0) is 4.74 Å². The number of para-hydroxylation sites is 1. The maximum atomic E-state index is 13.0. The molecule has 0 saturated heterocycles. The summed E-state index contributed by atoms with van der Waals surface area (Å²) < 4.78 is 6.49. The van der Waals surface area contributed by atoms with E-state index in [0.717, 1.165) is 0 Å². The fourth-order valence-electron chi connectivity index (χ4n) is 3.08. The third kappa shape index (κ3) is 5.16. The lowest BCUT2D eigenvalue weighted by molar-refractivity contribution is 0.0518. The Morgan fingerprint density at radius 1 is 1.00 bits per heavy atom. The summed E-state index contributed by atoms with van der Waals surface area (Å²) in [7, 11) is 0. The second-order valence-corrected chi connectivity index (χ2v) is 7.66. The minimum absolute atomic E-state index is 0.196. The number of rotatable bonds is 7. The van der Waals surface area contributed by atoms with Gasteiger partial charge in [-0.05, 0) is 54.8 Å². The number of esters is 1. The van der Waals surface area contributed by atoms with Gasteiger partial charge in [0, 0.05) is 17.3 Å². The number of hydrogen-bond acceptors (Lipinski definition) is 6. The van der Waals surface area contributed by atoms with E-state index in [0.29, 0.717) is 28.2 Å². The van der Waals surface area contributed by atoms with Gasteiger partial charge in [-0.15, -0.1) is 0 Å². The molecule has 2 heterocycles. The van der Waals surface area contributed by atoms with Crippen LogP contribution in [0.2, 0.25) is 0 Å². The number of aromatic nitrogens is 2. The van der Waals surface area contributed by atoms with E-state index in [4.69, 9.17) is 4.74 Å².